The van der Waals surface area contributed by atoms with Crippen molar-refractivity contribution < 1.29 is 27.7 Å². The summed E-state index contributed by atoms with van der Waals surface area (Å²) in [6.07, 6.45) is 4.57. The van der Waals surface area contributed by atoms with Crippen LogP contribution in [0.4, 0.5) is 4.39 Å². The largest absolute Gasteiger partial charge is 0.458 e. The van der Waals surface area contributed by atoms with Gasteiger partial charge in [-0.15, -0.1) is 0 Å². The predicted molar refractivity (Wildman–Crippen MR) is 138 cm³/mol. The maximum absolute atomic E-state index is 14.3. The third-order valence-corrected chi connectivity index (χ3v) is 7.84. The molecule has 2 aromatic rings. The number of nitrogens with zero attached hydrogens (tertiary/aromatic N) is 1. The van der Waals surface area contributed by atoms with E-state index in [-0.39, 0.29) is 41.8 Å². The Balaban J connectivity index is 1.48. The van der Waals surface area contributed by atoms with Crippen LogP contribution in [0.25, 0.3) is 0 Å². The van der Waals surface area contributed by atoms with E-state index in [1.807, 2.05) is 6.07 Å². The van der Waals surface area contributed by atoms with E-state index in [1.54, 1.807) is 41.3 Å². The number of halogens is 1. The lowest BCUT2D eigenvalue weighted by molar-refractivity contribution is -0.142. The second-order valence-corrected chi connectivity index (χ2v) is 10.4. The smallest absolute Gasteiger partial charge is 0.338 e. The minimum absolute atomic E-state index is 0.0415. The fraction of sp³-hybridized carbons (Fsp3) is 0.429. The summed E-state index contributed by atoms with van der Waals surface area (Å²) in [5.74, 6) is -0.472. The van der Waals surface area contributed by atoms with Crippen LogP contribution in [-0.2, 0) is 30.8 Å². The molecular formula is C28H34FNO5S. The van der Waals surface area contributed by atoms with E-state index < -0.39 is 16.8 Å². The molecule has 0 spiro atoms. The number of β-lactam (4-membered cyclic amide) rings is 1. The summed E-state index contributed by atoms with van der Waals surface area (Å²) >= 11 is 0. The van der Waals surface area contributed by atoms with E-state index in [9.17, 15) is 18.2 Å². The number of ether oxygens (including phenoxy) is 2. The van der Waals surface area contributed by atoms with E-state index in [2.05, 4.69) is 13.5 Å². The molecule has 36 heavy (non-hydrogen) atoms. The molecule has 0 saturated carbocycles. The zero-order valence-corrected chi connectivity index (χ0v) is 21.5. The molecule has 1 fully saturated rings. The number of carbonyl (C=O) groups excluding carboxylic acids is 2. The lowest BCUT2D eigenvalue weighted by Gasteiger charge is -2.39. The van der Waals surface area contributed by atoms with Gasteiger partial charge in [-0.3, -0.25) is 9.00 Å². The molecule has 1 saturated heterocycles. The first-order chi connectivity index (χ1) is 17.4. The quantitative estimate of drug-likeness (QED) is 0.145. The molecule has 0 aliphatic carbocycles. The van der Waals surface area contributed by atoms with Crippen molar-refractivity contribution in [1.29, 1.82) is 0 Å². The molecule has 1 amide bonds. The third kappa shape index (κ3) is 7.58. The maximum atomic E-state index is 14.3. The highest BCUT2D eigenvalue weighted by Gasteiger charge is 2.39. The van der Waals surface area contributed by atoms with Gasteiger partial charge in [-0.05, 0) is 35.7 Å². The average molecular weight is 516 g/mol. The molecule has 3 atom stereocenters. The Morgan fingerprint density at radius 3 is 2.67 bits per heavy atom. The zero-order chi connectivity index (χ0) is 25.9. The number of esters is 1. The van der Waals surface area contributed by atoms with Crippen LogP contribution in [0.5, 0.6) is 0 Å². The second kappa shape index (κ2) is 14.0. The molecule has 8 heteroatoms. The monoisotopic (exact) mass is 515 g/mol. The molecule has 3 rings (SSSR count). The van der Waals surface area contributed by atoms with Crippen LogP contribution in [0.3, 0.4) is 0 Å². The van der Waals surface area contributed by atoms with Crippen LogP contribution < -0.4 is 0 Å². The maximum Gasteiger partial charge on any atom is 0.338 e. The molecule has 0 bridgehead atoms. The summed E-state index contributed by atoms with van der Waals surface area (Å²) in [4.78, 5) is 25.7. The van der Waals surface area contributed by atoms with Crippen molar-refractivity contribution in [3.05, 3.63) is 83.7 Å². The van der Waals surface area contributed by atoms with Crippen molar-refractivity contribution in [2.45, 2.75) is 49.7 Å². The van der Waals surface area contributed by atoms with Gasteiger partial charge in [0.1, 0.15) is 17.8 Å². The first kappa shape index (κ1) is 27.7. The van der Waals surface area contributed by atoms with Gasteiger partial charge in [0.05, 0.1) is 31.0 Å². The van der Waals surface area contributed by atoms with Crippen molar-refractivity contribution in [3.8, 4) is 0 Å². The lowest BCUT2D eigenvalue weighted by Crippen LogP contribution is -2.55. The summed E-state index contributed by atoms with van der Waals surface area (Å²) in [6, 6.07) is 13.5. The van der Waals surface area contributed by atoms with Crippen molar-refractivity contribution in [3.63, 3.8) is 0 Å². The van der Waals surface area contributed by atoms with Crippen LogP contribution in [-0.4, -0.2) is 52.7 Å². The Morgan fingerprint density at radius 2 is 2.00 bits per heavy atom. The summed E-state index contributed by atoms with van der Waals surface area (Å²) in [6.45, 7) is 6.78. The lowest BCUT2D eigenvalue weighted by atomic mass is 9.94. The summed E-state index contributed by atoms with van der Waals surface area (Å²) in [5.41, 5.74) is 1.88. The van der Waals surface area contributed by atoms with Crippen LogP contribution in [0.2, 0.25) is 0 Å². The summed E-state index contributed by atoms with van der Waals surface area (Å²) in [7, 11) is -1.28. The number of hydrogen-bond acceptors (Lipinski definition) is 5. The minimum Gasteiger partial charge on any atom is -0.458 e. The minimum atomic E-state index is -1.28. The topological polar surface area (TPSA) is 72.9 Å². The first-order valence-electron chi connectivity index (χ1n) is 12.3. The van der Waals surface area contributed by atoms with Gasteiger partial charge in [-0.25, -0.2) is 9.18 Å². The van der Waals surface area contributed by atoms with Crippen molar-refractivity contribution in [1.82, 2.24) is 4.90 Å². The van der Waals surface area contributed by atoms with Gasteiger partial charge >= 0.3 is 5.97 Å². The molecular weight excluding hydrogens is 481 g/mol. The highest BCUT2D eigenvalue weighted by Crippen LogP contribution is 2.26. The SMILES string of the molecule is C=CCOC(=O)c1ccc(C[S@](=O)[C@H]2CC(=O)N2CCOC[C@H](CCCC)c2ccccc2F)cc1. The molecule has 0 unspecified atom stereocenters. The van der Waals surface area contributed by atoms with Crippen molar-refractivity contribution in [2.24, 2.45) is 0 Å². The normalized spacial score (nSPS) is 16.8. The van der Waals surface area contributed by atoms with Crippen LogP contribution >= 0.6 is 0 Å². The predicted octanol–water partition coefficient (Wildman–Crippen LogP) is 4.97. The number of rotatable bonds is 15. The van der Waals surface area contributed by atoms with Gasteiger partial charge in [0, 0.05) is 23.3 Å². The van der Waals surface area contributed by atoms with Gasteiger partial charge in [0.25, 0.3) is 0 Å². The molecule has 0 N–H and O–H groups in total. The number of carbonyl (C=O) groups is 2. The van der Waals surface area contributed by atoms with Crippen LogP contribution in [0, 0.1) is 5.82 Å². The molecule has 0 aromatic heterocycles. The summed E-state index contributed by atoms with van der Waals surface area (Å²) < 4.78 is 38.1. The molecule has 1 aliphatic rings. The van der Waals surface area contributed by atoms with E-state index in [0.717, 1.165) is 24.8 Å². The summed E-state index contributed by atoms with van der Waals surface area (Å²) in [5, 5.41) is -0.360. The fourth-order valence-electron chi connectivity index (χ4n) is 4.12. The molecule has 194 valence electrons. The molecule has 2 aromatic carbocycles. The number of benzene rings is 2. The Morgan fingerprint density at radius 1 is 1.25 bits per heavy atom. The number of unbranched alkanes of at least 4 members (excludes halogenated alkanes) is 1. The van der Waals surface area contributed by atoms with Crippen LogP contribution in [0.1, 0.15) is 60.0 Å². The van der Waals surface area contributed by atoms with Gasteiger partial charge in [-0.2, -0.15) is 0 Å². The Labute approximate surface area is 214 Å². The zero-order valence-electron chi connectivity index (χ0n) is 20.7. The number of likely N-dealkylation sites (tertiary alicyclic amines) is 1. The van der Waals surface area contributed by atoms with E-state index in [0.29, 0.717) is 30.9 Å². The molecule has 6 nitrogen and oxygen atoms in total. The van der Waals surface area contributed by atoms with E-state index in [4.69, 9.17) is 9.47 Å². The fourth-order valence-corrected chi connectivity index (χ4v) is 5.67. The second-order valence-electron chi connectivity index (χ2n) is 8.79. The van der Waals surface area contributed by atoms with Gasteiger partial charge in [0.15, 0.2) is 0 Å². The first-order valence-corrected chi connectivity index (χ1v) is 13.7. The Bertz CT molecular complexity index is 1060. The van der Waals surface area contributed by atoms with Gasteiger partial charge < -0.3 is 14.4 Å². The van der Waals surface area contributed by atoms with E-state index >= 15 is 0 Å². The van der Waals surface area contributed by atoms with Crippen molar-refractivity contribution >= 4 is 22.7 Å². The van der Waals surface area contributed by atoms with E-state index in [1.165, 1.54) is 12.1 Å². The standard InChI is InChI=1S/C28H34FNO5S/c1-3-5-8-23(24-9-6-7-10-25(24)29)19-34-17-15-30-26(31)18-27(30)36(33)20-21-11-13-22(14-12-21)28(32)35-16-4-2/h4,6-7,9-14,23,27H,2-3,5,8,15-20H2,1H3/t23-,27-,36-/m0/s1. The van der Waals surface area contributed by atoms with Gasteiger partial charge in [-0.1, -0.05) is 62.8 Å². The van der Waals surface area contributed by atoms with Crippen LogP contribution in [0.15, 0.2) is 61.2 Å². The Hall–Kier alpha value is -2.84. The average Bonchev–Trinajstić information content (AvgIpc) is 2.88. The third-order valence-electron chi connectivity index (χ3n) is 6.20. The van der Waals surface area contributed by atoms with Gasteiger partial charge in [0.2, 0.25) is 5.91 Å². The number of hydrogen-bond donors (Lipinski definition) is 0. The molecule has 1 heterocycles. The number of amides is 1. The Kier molecular flexibility index (Phi) is 10.8. The van der Waals surface area contributed by atoms with Crippen molar-refractivity contribution in [2.75, 3.05) is 26.4 Å². The highest BCUT2D eigenvalue weighted by molar-refractivity contribution is 7.84. The molecule has 1 aliphatic heterocycles. The highest BCUT2D eigenvalue weighted by atomic mass is 32.2. The molecule has 0 radical (unpaired) electrons.